The van der Waals surface area contributed by atoms with Gasteiger partial charge in [0.25, 0.3) is 0 Å². The van der Waals surface area contributed by atoms with Crippen molar-refractivity contribution in [2.45, 2.75) is 38.2 Å². The van der Waals surface area contributed by atoms with E-state index >= 15 is 0 Å². The Morgan fingerprint density at radius 1 is 1.33 bits per heavy atom. The fourth-order valence-corrected chi connectivity index (χ4v) is 2.54. The molecule has 0 amide bonds. The van der Waals surface area contributed by atoms with Crippen LogP contribution in [0.25, 0.3) is 0 Å². The van der Waals surface area contributed by atoms with E-state index < -0.39 is 0 Å². The predicted octanol–water partition coefficient (Wildman–Crippen LogP) is 1.69. The van der Waals surface area contributed by atoms with E-state index in [1.54, 1.807) is 11.3 Å². The molecule has 0 aliphatic heterocycles. The molecule has 0 spiro atoms. The van der Waals surface area contributed by atoms with E-state index in [1.807, 2.05) is 0 Å². The van der Waals surface area contributed by atoms with Gasteiger partial charge in [-0.2, -0.15) is 0 Å². The molecular formula is C8H12N2OS. The quantitative estimate of drug-likeness (QED) is 0.760. The molecule has 66 valence electrons. The smallest absolute Gasteiger partial charge is 0.143 e. The fourth-order valence-electron chi connectivity index (χ4n) is 1.67. The highest BCUT2D eigenvalue weighted by Crippen LogP contribution is 2.35. The first kappa shape index (κ1) is 8.13. The number of nitrogens with zero attached hydrogens (tertiary/aromatic N) is 2. The zero-order valence-corrected chi connectivity index (χ0v) is 7.68. The first-order valence-electron chi connectivity index (χ1n) is 4.33. The molecule has 0 bridgehead atoms. The van der Waals surface area contributed by atoms with Gasteiger partial charge in [-0.1, -0.05) is 24.2 Å². The minimum Gasteiger partial charge on any atom is -0.389 e. The van der Waals surface area contributed by atoms with Gasteiger partial charge in [0, 0.05) is 5.92 Å². The van der Waals surface area contributed by atoms with Gasteiger partial charge in [0.15, 0.2) is 0 Å². The summed E-state index contributed by atoms with van der Waals surface area (Å²) >= 11 is 1.56. The van der Waals surface area contributed by atoms with Gasteiger partial charge in [0.2, 0.25) is 0 Å². The molecule has 0 radical (unpaired) electrons. The Bertz CT molecular complexity index is 255. The Balaban J connectivity index is 2.11. The standard InChI is InChI=1S/C8H12N2OS/c11-5-7-9-10-8(12-7)6-3-1-2-4-6/h6,11H,1-5H2. The maximum absolute atomic E-state index is 8.80. The van der Waals surface area contributed by atoms with Crippen LogP contribution >= 0.6 is 11.3 Å². The van der Waals surface area contributed by atoms with Crippen LogP contribution in [0.15, 0.2) is 0 Å². The molecule has 2 rings (SSSR count). The summed E-state index contributed by atoms with van der Waals surface area (Å²) in [6.45, 7) is 0.0321. The Morgan fingerprint density at radius 2 is 2.08 bits per heavy atom. The van der Waals surface area contributed by atoms with Crippen molar-refractivity contribution in [1.29, 1.82) is 0 Å². The van der Waals surface area contributed by atoms with Crippen LogP contribution in [0.2, 0.25) is 0 Å². The molecule has 4 heteroatoms. The highest BCUT2D eigenvalue weighted by Gasteiger charge is 2.20. The summed E-state index contributed by atoms with van der Waals surface area (Å²) < 4.78 is 0. The van der Waals surface area contributed by atoms with Gasteiger partial charge in [-0.3, -0.25) is 0 Å². The van der Waals surface area contributed by atoms with Crippen LogP contribution in [0.1, 0.15) is 41.6 Å². The average Bonchev–Trinajstić information content (AvgIpc) is 2.75. The van der Waals surface area contributed by atoms with Crippen LogP contribution in [-0.2, 0) is 6.61 Å². The maximum atomic E-state index is 8.80. The third-order valence-corrected chi connectivity index (χ3v) is 3.39. The molecule has 1 heterocycles. The molecule has 1 aromatic heterocycles. The van der Waals surface area contributed by atoms with Crippen molar-refractivity contribution in [2.75, 3.05) is 0 Å². The fraction of sp³-hybridized carbons (Fsp3) is 0.750. The molecule has 0 unspecified atom stereocenters. The summed E-state index contributed by atoms with van der Waals surface area (Å²) in [5, 5.41) is 18.6. The molecule has 12 heavy (non-hydrogen) atoms. The summed E-state index contributed by atoms with van der Waals surface area (Å²) in [6, 6.07) is 0. The summed E-state index contributed by atoms with van der Waals surface area (Å²) in [4.78, 5) is 0. The largest absolute Gasteiger partial charge is 0.389 e. The molecule has 1 fully saturated rings. The van der Waals surface area contributed by atoms with Crippen molar-refractivity contribution >= 4 is 11.3 Å². The molecule has 3 nitrogen and oxygen atoms in total. The lowest BCUT2D eigenvalue weighted by molar-refractivity contribution is 0.280. The molecule has 1 saturated carbocycles. The highest BCUT2D eigenvalue weighted by molar-refractivity contribution is 7.11. The van der Waals surface area contributed by atoms with E-state index in [9.17, 15) is 0 Å². The van der Waals surface area contributed by atoms with Crippen LogP contribution in [0, 0.1) is 0 Å². The summed E-state index contributed by atoms with van der Waals surface area (Å²) in [5.74, 6) is 0.628. The third-order valence-electron chi connectivity index (χ3n) is 2.32. The Morgan fingerprint density at radius 3 is 2.67 bits per heavy atom. The van der Waals surface area contributed by atoms with Crippen molar-refractivity contribution < 1.29 is 5.11 Å². The molecule has 1 aliphatic carbocycles. The second-order valence-corrected chi connectivity index (χ2v) is 4.27. The van der Waals surface area contributed by atoms with E-state index in [0.29, 0.717) is 5.92 Å². The number of hydrogen-bond donors (Lipinski definition) is 1. The van der Waals surface area contributed by atoms with Crippen molar-refractivity contribution in [2.24, 2.45) is 0 Å². The van der Waals surface area contributed by atoms with E-state index in [1.165, 1.54) is 25.7 Å². The van der Waals surface area contributed by atoms with Crippen molar-refractivity contribution in [3.05, 3.63) is 10.0 Å². The number of aliphatic hydroxyl groups excluding tert-OH is 1. The van der Waals surface area contributed by atoms with E-state index in [0.717, 1.165) is 10.0 Å². The summed E-state index contributed by atoms with van der Waals surface area (Å²) in [5.41, 5.74) is 0. The van der Waals surface area contributed by atoms with Crippen LogP contribution < -0.4 is 0 Å². The minimum atomic E-state index is 0.0321. The number of aliphatic hydroxyl groups is 1. The van der Waals surface area contributed by atoms with Crippen molar-refractivity contribution in [3.8, 4) is 0 Å². The van der Waals surface area contributed by atoms with Gasteiger partial charge in [-0.25, -0.2) is 0 Å². The lowest BCUT2D eigenvalue weighted by Crippen LogP contribution is -1.89. The summed E-state index contributed by atoms with van der Waals surface area (Å²) in [7, 11) is 0. The minimum absolute atomic E-state index is 0.0321. The average molecular weight is 184 g/mol. The van der Waals surface area contributed by atoms with E-state index in [-0.39, 0.29) is 6.61 Å². The SMILES string of the molecule is OCc1nnc(C2CCCC2)s1. The van der Waals surface area contributed by atoms with Crippen molar-refractivity contribution in [1.82, 2.24) is 10.2 Å². The van der Waals surface area contributed by atoms with Crippen LogP contribution in [0.3, 0.4) is 0 Å². The second-order valence-electron chi connectivity index (χ2n) is 3.17. The first-order chi connectivity index (χ1) is 5.90. The molecule has 1 aromatic rings. The predicted molar refractivity (Wildman–Crippen MR) is 47.0 cm³/mol. The summed E-state index contributed by atoms with van der Waals surface area (Å²) in [6.07, 6.45) is 5.14. The molecule has 0 atom stereocenters. The molecule has 1 N–H and O–H groups in total. The van der Waals surface area contributed by atoms with Crippen LogP contribution in [0.4, 0.5) is 0 Å². The number of hydrogen-bond acceptors (Lipinski definition) is 4. The topological polar surface area (TPSA) is 46.0 Å². The normalized spacial score (nSPS) is 18.8. The van der Waals surface area contributed by atoms with Crippen LogP contribution in [0.5, 0.6) is 0 Å². The first-order valence-corrected chi connectivity index (χ1v) is 5.15. The van der Waals surface area contributed by atoms with Gasteiger partial charge < -0.3 is 5.11 Å². The van der Waals surface area contributed by atoms with Crippen molar-refractivity contribution in [3.63, 3.8) is 0 Å². The molecule has 0 saturated heterocycles. The van der Waals surface area contributed by atoms with Gasteiger partial charge in [0.1, 0.15) is 10.0 Å². The van der Waals surface area contributed by atoms with E-state index in [2.05, 4.69) is 10.2 Å². The van der Waals surface area contributed by atoms with Crippen LogP contribution in [-0.4, -0.2) is 15.3 Å². The lowest BCUT2D eigenvalue weighted by atomic mass is 10.1. The number of rotatable bonds is 2. The zero-order chi connectivity index (χ0) is 8.39. The van der Waals surface area contributed by atoms with Gasteiger partial charge >= 0.3 is 0 Å². The zero-order valence-electron chi connectivity index (χ0n) is 6.86. The van der Waals surface area contributed by atoms with E-state index in [4.69, 9.17) is 5.11 Å². The second kappa shape index (κ2) is 3.49. The van der Waals surface area contributed by atoms with Gasteiger partial charge in [-0.15, -0.1) is 10.2 Å². The third kappa shape index (κ3) is 1.49. The maximum Gasteiger partial charge on any atom is 0.143 e. The number of aromatic nitrogens is 2. The molecule has 0 aromatic carbocycles. The lowest BCUT2D eigenvalue weighted by Gasteiger charge is -2.00. The Hall–Kier alpha value is -0.480. The molecular weight excluding hydrogens is 172 g/mol. The van der Waals surface area contributed by atoms with Gasteiger partial charge in [0.05, 0.1) is 6.61 Å². The Kier molecular flexibility index (Phi) is 2.37. The highest BCUT2D eigenvalue weighted by atomic mass is 32.1. The monoisotopic (exact) mass is 184 g/mol. The Labute approximate surface area is 75.5 Å². The molecule has 1 aliphatic rings. The van der Waals surface area contributed by atoms with Gasteiger partial charge in [-0.05, 0) is 12.8 Å².